The Morgan fingerprint density at radius 3 is 2.10 bits per heavy atom. The van der Waals surface area contributed by atoms with E-state index in [9.17, 15) is 22.4 Å². The molecule has 0 fully saturated rings. The normalized spacial score (nSPS) is 10.9. The highest BCUT2D eigenvalue weighted by atomic mass is 19.4. The van der Waals surface area contributed by atoms with E-state index in [0.29, 0.717) is 24.6 Å². The maximum atomic E-state index is 13.1. The van der Waals surface area contributed by atoms with Crippen LogP contribution in [0.2, 0.25) is 0 Å². The Hall–Kier alpha value is -3.47. The lowest BCUT2D eigenvalue weighted by molar-refractivity contribution is -0.370. The Morgan fingerprint density at radius 1 is 1.07 bits per heavy atom. The molecule has 7 nitrogen and oxygen atoms in total. The Morgan fingerprint density at radius 2 is 1.62 bits per heavy atom. The van der Waals surface area contributed by atoms with E-state index in [4.69, 9.17) is 9.90 Å². The van der Waals surface area contributed by atoms with Crippen molar-refractivity contribution < 1.29 is 33.2 Å². The fourth-order valence-electron chi connectivity index (χ4n) is 2.30. The minimum Gasteiger partial charge on any atom is -0.542 e. The van der Waals surface area contributed by atoms with Gasteiger partial charge in [0.1, 0.15) is 11.8 Å². The highest BCUT2D eigenvalue weighted by molar-refractivity contribution is 5.70. The van der Waals surface area contributed by atoms with Crippen molar-refractivity contribution in [2.75, 3.05) is 6.54 Å². The summed E-state index contributed by atoms with van der Waals surface area (Å²) in [6.45, 7) is 1.00. The molecular formula is C18H16F4N4O3. The van der Waals surface area contributed by atoms with E-state index in [1.165, 1.54) is 21.4 Å². The van der Waals surface area contributed by atoms with Crippen molar-refractivity contribution >= 4 is 5.97 Å². The Kier molecular flexibility index (Phi) is 6.89. The van der Waals surface area contributed by atoms with Gasteiger partial charge < -0.3 is 15.6 Å². The van der Waals surface area contributed by atoms with Crippen LogP contribution in [0, 0.1) is 5.82 Å². The Labute approximate surface area is 161 Å². The molecule has 154 valence electrons. The van der Waals surface area contributed by atoms with Crippen LogP contribution in [0.25, 0.3) is 17.1 Å². The molecule has 0 radical (unpaired) electrons. The van der Waals surface area contributed by atoms with Gasteiger partial charge in [-0.25, -0.2) is 18.4 Å². The summed E-state index contributed by atoms with van der Waals surface area (Å²) in [5, 5.41) is 13.2. The molecule has 3 aromatic rings. The van der Waals surface area contributed by atoms with Crippen molar-refractivity contribution in [3.8, 4) is 17.1 Å². The number of quaternary nitrogens is 1. The maximum absolute atomic E-state index is 13.1. The van der Waals surface area contributed by atoms with Gasteiger partial charge in [-0.1, -0.05) is 30.3 Å². The van der Waals surface area contributed by atoms with Crippen molar-refractivity contribution in [2.45, 2.75) is 12.7 Å². The second-order valence-electron chi connectivity index (χ2n) is 5.65. The summed E-state index contributed by atoms with van der Waals surface area (Å²) in [6, 6.07) is 15.2. The van der Waals surface area contributed by atoms with Crippen LogP contribution in [0.4, 0.5) is 17.6 Å². The van der Waals surface area contributed by atoms with Crippen LogP contribution < -0.4 is 16.5 Å². The maximum Gasteiger partial charge on any atom is 0.430 e. The van der Waals surface area contributed by atoms with Crippen LogP contribution in [0.3, 0.4) is 0 Å². The molecule has 3 N–H and O–H groups in total. The lowest BCUT2D eigenvalue weighted by Crippen LogP contribution is -2.52. The lowest BCUT2D eigenvalue weighted by atomic mass is 10.2. The average molecular weight is 412 g/mol. The minimum atomic E-state index is -5.19. The predicted octanol–water partition coefficient (Wildman–Crippen LogP) is 0.381. The van der Waals surface area contributed by atoms with Crippen molar-refractivity contribution in [3.63, 3.8) is 0 Å². The van der Waals surface area contributed by atoms with Gasteiger partial charge in [0.2, 0.25) is 0 Å². The number of benzene rings is 2. The zero-order valence-corrected chi connectivity index (χ0v) is 14.9. The first-order valence-corrected chi connectivity index (χ1v) is 8.23. The number of carbonyl (C=O) groups excluding carboxylic acids is 1. The molecule has 0 spiro atoms. The highest BCUT2D eigenvalue weighted by Gasteiger charge is 2.28. The highest BCUT2D eigenvalue weighted by Crippen LogP contribution is 2.19. The largest absolute Gasteiger partial charge is 0.542 e. The number of hydrogen-bond donors (Lipinski definition) is 1. The van der Waals surface area contributed by atoms with Gasteiger partial charge in [-0.05, 0) is 24.3 Å². The number of rotatable bonds is 4. The van der Waals surface area contributed by atoms with Crippen LogP contribution in [0.1, 0.15) is 0 Å². The zero-order valence-electron chi connectivity index (χ0n) is 14.9. The molecule has 11 heteroatoms. The number of carbonyl (C=O) groups is 1. The van der Waals surface area contributed by atoms with Gasteiger partial charge in [-0.3, -0.25) is 0 Å². The third-order valence-electron chi connectivity index (χ3n) is 3.56. The smallest absolute Gasteiger partial charge is 0.430 e. The summed E-state index contributed by atoms with van der Waals surface area (Å²) in [6.07, 6.45) is -5.19. The second kappa shape index (κ2) is 9.15. The summed E-state index contributed by atoms with van der Waals surface area (Å²) in [5.41, 5.74) is 4.91. The first-order valence-electron chi connectivity index (χ1n) is 8.23. The van der Waals surface area contributed by atoms with E-state index >= 15 is 0 Å². The zero-order chi connectivity index (χ0) is 21.6. The van der Waals surface area contributed by atoms with E-state index < -0.39 is 12.1 Å². The number of aromatic nitrogens is 3. The molecule has 2 aromatic carbocycles. The fourth-order valence-corrected chi connectivity index (χ4v) is 2.30. The summed E-state index contributed by atoms with van der Waals surface area (Å²) in [4.78, 5) is 21.4. The van der Waals surface area contributed by atoms with Gasteiger partial charge in [0.15, 0.2) is 5.82 Å². The third-order valence-corrected chi connectivity index (χ3v) is 3.56. The van der Waals surface area contributed by atoms with Gasteiger partial charge in [-0.2, -0.15) is 13.2 Å². The van der Waals surface area contributed by atoms with E-state index in [-0.39, 0.29) is 11.5 Å². The lowest BCUT2D eigenvalue weighted by Gasteiger charge is -2.05. The number of carboxylic acids is 1. The predicted molar refractivity (Wildman–Crippen MR) is 92.0 cm³/mol. The first-order chi connectivity index (χ1) is 13.6. The standard InChI is InChI=1S/C16H15FN4O.C2HF3O2/c17-13-6-8-14(9-7-13)21-15(12-4-2-1-3-5-12)19-20(11-10-18)16(21)22;3-2(4,5)1(6)7/h1-9H,10-11,18H2;(H,6,7). The first kappa shape index (κ1) is 21.8. The number of halogens is 4. The van der Waals surface area contributed by atoms with E-state index in [1.807, 2.05) is 30.3 Å². The Bertz CT molecular complexity index is 1010. The van der Waals surface area contributed by atoms with Crippen LogP contribution in [0.15, 0.2) is 59.4 Å². The molecule has 0 amide bonds. The van der Waals surface area contributed by atoms with Gasteiger partial charge in [-0.15, -0.1) is 5.10 Å². The summed E-state index contributed by atoms with van der Waals surface area (Å²) < 4.78 is 47.6. The Balaban J connectivity index is 0.000000370. The van der Waals surface area contributed by atoms with Crippen molar-refractivity contribution in [2.24, 2.45) is 0 Å². The summed E-state index contributed by atoms with van der Waals surface area (Å²) in [5.74, 6) is -2.82. The molecule has 1 heterocycles. The summed E-state index contributed by atoms with van der Waals surface area (Å²) >= 11 is 0. The topological polar surface area (TPSA) is 108 Å². The quantitative estimate of drug-likeness (QED) is 0.625. The van der Waals surface area contributed by atoms with Crippen molar-refractivity contribution in [1.82, 2.24) is 14.3 Å². The molecule has 3 rings (SSSR count). The molecule has 0 saturated heterocycles. The molecule has 0 aliphatic rings. The van der Waals surface area contributed by atoms with Crippen LogP contribution in [-0.2, 0) is 11.3 Å². The van der Waals surface area contributed by atoms with E-state index in [2.05, 4.69) is 10.8 Å². The molecular weight excluding hydrogens is 396 g/mol. The van der Waals surface area contributed by atoms with Gasteiger partial charge >= 0.3 is 11.9 Å². The number of aliphatic carboxylic acids is 1. The van der Waals surface area contributed by atoms with Gasteiger partial charge in [0.25, 0.3) is 0 Å². The number of hydrogen-bond acceptors (Lipinski definition) is 4. The molecule has 1 aromatic heterocycles. The molecule has 0 aliphatic heterocycles. The molecule has 29 heavy (non-hydrogen) atoms. The monoisotopic (exact) mass is 412 g/mol. The number of nitrogens with zero attached hydrogens (tertiary/aromatic N) is 3. The molecule has 0 atom stereocenters. The van der Waals surface area contributed by atoms with E-state index in [0.717, 1.165) is 5.56 Å². The molecule has 0 aliphatic carbocycles. The third kappa shape index (κ3) is 5.51. The molecule has 0 saturated carbocycles. The summed E-state index contributed by atoms with van der Waals surface area (Å²) in [7, 11) is 0. The van der Waals surface area contributed by atoms with Gasteiger partial charge in [0, 0.05) is 5.56 Å². The average Bonchev–Trinajstić information content (AvgIpc) is 3.00. The molecule has 0 bridgehead atoms. The molecule has 0 unspecified atom stereocenters. The number of alkyl halides is 3. The van der Waals surface area contributed by atoms with Crippen LogP contribution in [-0.4, -0.2) is 33.0 Å². The minimum absolute atomic E-state index is 0.255. The van der Waals surface area contributed by atoms with Gasteiger partial charge in [0.05, 0.1) is 18.8 Å². The van der Waals surface area contributed by atoms with Crippen molar-refractivity contribution in [3.05, 3.63) is 70.9 Å². The van der Waals surface area contributed by atoms with Crippen LogP contribution >= 0.6 is 0 Å². The van der Waals surface area contributed by atoms with E-state index in [1.54, 1.807) is 12.1 Å². The van der Waals surface area contributed by atoms with Crippen molar-refractivity contribution in [1.29, 1.82) is 0 Å². The fraction of sp³-hybridized carbons (Fsp3) is 0.167. The number of carboxylic acid groups (broad SMARTS) is 1. The SMILES string of the molecule is O=C([O-])C(F)(F)F.[NH3+]CCn1nc(-c2ccccc2)n(-c2ccc(F)cc2)c1=O. The second-order valence-corrected chi connectivity index (χ2v) is 5.65. The van der Waals surface area contributed by atoms with Crippen LogP contribution in [0.5, 0.6) is 0 Å².